The second kappa shape index (κ2) is 7.60. The van der Waals surface area contributed by atoms with Crippen molar-refractivity contribution in [3.8, 4) is 11.4 Å². The molecule has 1 aromatic heterocycles. The fourth-order valence-electron chi connectivity index (χ4n) is 3.53. The van der Waals surface area contributed by atoms with Gasteiger partial charge in [-0.3, -0.25) is 4.79 Å². The van der Waals surface area contributed by atoms with Crippen molar-refractivity contribution >= 4 is 17.5 Å². The predicted molar refractivity (Wildman–Crippen MR) is 101 cm³/mol. The third-order valence-electron chi connectivity index (χ3n) is 5.11. The van der Waals surface area contributed by atoms with Gasteiger partial charge in [-0.25, -0.2) is 8.78 Å². The van der Waals surface area contributed by atoms with E-state index in [-0.39, 0.29) is 35.9 Å². The Hall–Kier alpha value is -3.01. The van der Waals surface area contributed by atoms with Crippen LogP contribution in [0.2, 0.25) is 5.02 Å². The number of rotatable bonds is 2. The van der Waals surface area contributed by atoms with Gasteiger partial charge in [-0.15, -0.1) is 10.2 Å². The first kappa shape index (κ1) is 21.2. The van der Waals surface area contributed by atoms with Crippen LogP contribution in [0.25, 0.3) is 11.4 Å². The first-order valence-corrected chi connectivity index (χ1v) is 9.50. The zero-order chi connectivity index (χ0) is 22.5. The molecule has 162 valence electrons. The van der Waals surface area contributed by atoms with Gasteiger partial charge < -0.3 is 9.47 Å². The van der Waals surface area contributed by atoms with Gasteiger partial charge in [0.1, 0.15) is 0 Å². The van der Waals surface area contributed by atoms with Crippen molar-refractivity contribution in [1.82, 2.24) is 19.7 Å². The maximum Gasteiger partial charge on any atom is 0.417 e. The first-order valence-electron chi connectivity index (χ1n) is 9.12. The van der Waals surface area contributed by atoms with Crippen molar-refractivity contribution in [3.63, 3.8) is 0 Å². The predicted octanol–water partition coefficient (Wildman–Crippen LogP) is 4.94. The molecule has 0 aliphatic carbocycles. The van der Waals surface area contributed by atoms with Crippen molar-refractivity contribution in [3.05, 3.63) is 70.0 Å². The van der Waals surface area contributed by atoms with Crippen molar-refractivity contribution in [2.24, 2.45) is 0 Å². The van der Waals surface area contributed by atoms with Crippen LogP contribution in [0.4, 0.5) is 22.0 Å². The Bertz CT molecular complexity index is 1180. The van der Waals surface area contributed by atoms with Crippen LogP contribution in [0, 0.1) is 11.6 Å². The molecule has 2 aromatic carbocycles. The van der Waals surface area contributed by atoms with Gasteiger partial charge in [-0.2, -0.15) is 13.2 Å². The molecule has 31 heavy (non-hydrogen) atoms. The second-order valence-corrected chi connectivity index (χ2v) is 7.48. The number of hydrogen-bond acceptors (Lipinski definition) is 3. The summed E-state index contributed by atoms with van der Waals surface area (Å²) in [6.45, 7) is 1.72. The van der Waals surface area contributed by atoms with E-state index in [1.165, 1.54) is 23.1 Å². The zero-order valence-electron chi connectivity index (χ0n) is 15.9. The molecule has 0 bridgehead atoms. The Morgan fingerprint density at radius 2 is 1.84 bits per heavy atom. The van der Waals surface area contributed by atoms with Crippen LogP contribution in [0.1, 0.15) is 28.7 Å². The van der Waals surface area contributed by atoms with E-state index in [4.69, 9.17) is 11.6 Å². The molecule has 1 atom stereocenters. The Morgan fingerprint density at radius 1 is 1.13 bits per heavy atom. The number of carbonyl (C=O) groups is 1. The number of fused-ring (bicyclic) bond motifs is 1. The summed E-state index contributed by atoms with van der Waals surface area (Å²) in [6.07, 6.45) is -4.70. The van der Waals surface area contributed by atoms with E-state index in [9.17, 15) is 26.7 Å². The van der Waals surface area contributed by atoms with Crippen LogP contribution in [-0.4, -0.2) is 31.6 Å². The number of nitrogens with zero attached hydrogens (tertiary/aromatic N) is 4. The highest BCUT2D eigenvalue weighted by Crippen LogP contribution is 2.37. The number of benzene rings is 2. The maximum absolute atomic E-state index is 14.2. The van der Waals surface area contributed by atoms with Crippen LogP contribution in [-0.2, 0) is 19.3 Å². The van der Waals surface area contributed by atoms with Crippen molar-refractivity contribution in [2.75, 3.05) is 0 Å². The standard InChI is InChI=1S/C20H14ClF5N4O/c1-10-8-30-15(27-28-18(30)12-5-3-7-14(22)17(12)23)9-29(10)19(31)11-4-2-6-13(16(11)21)20(24,25)26/h2-7,10H,8-9H2,1H3/t10-/m0/s1. The van der Waals surface area contributed by atoms with Crippen LogP contribution in [0.5, 0.6) is 0 Å². The van der Waals surface area contributed by atoms with E-state index in [0.717, 1.165) is 18.2 Å². The van der Waals surface area contributed by atoms with Gasteiger partial charge >= 0.3 is 6.18 Å². The van der Waals surface area contributed by atoms with Crippen LogP contribution < -0.4 is 0 Å². The number of aromatic nitrogens is 3. The van der Waals surface area contributed by atoms with Crippen molar-refractivity contribution in [2.45, 2.75) is 32.2 Å². The summed E-state index contributed by atoms with van der Waals surface area (Å²) in [4.78, 5) is 14.3. The molecular weight excluding hydrogens is 443 g/mol. The lowest BCUT2D eigenvalue weighted by molar-refractivity contribution is -0.137. The highest BCUT2D eigenvalue weighted by atomic mass is 35.5. The molecule has 0 spiro atoms. The zero-order valence-corrected chi connectivity index (χ0v) is 16.7. The summed E-state index contributed by atoms with van der Waals surface area (Å²) in [6, 6.07) is 6.32. The van der Waals surface area contributed by atoms with Gasteiger partial charge in [0, 0.05) is 12.6 Å². The van der Waals surface area contributed by atoms with Crippen LogP contribution in [0.15, 0.2) is 36.4 Å². The fraction of sp³-hybridized carbons (Fsp3) is 0.250. The molecule has 0 radical (unpaired) electrons. The molecule has 1 aliphatic heterocycles. The first-order chi connectivity index (χ1) is 14.6. The average Bonchev–Trinajstić information content (AvgIpc) is 3.10. The number of halogens is 6. The smallest absolute Gasteiger partial charge is 0.327 e. The summed E-state index contributed by atoms with van der Waals surface area (Å²) in [5.74, 6) is -2.41. The third kappa shape index (κ3) is 3.65. The lowest BCUT2D eigenvalue weighted by Crippen LogP contribution is -2.45. The normalized spacial score (nSPS) is 16.4. The lowest BCUT2D eigenvalue weighted by Gasteiger charge is -2.34. The van der Waals surface area contributed by atoms with E-state index < -0.39 is 40.3 Å². The van der Waals surface area contributed by atoms with Crippen molar-refractivity contribution < 1.29 is 26.7 Å². The molecule has 0 saturated carbocycles. The highest BCUT2D eigenvalue weighted by Gasteiger charge is 2.37. The highest BCUT2D eigenvalue weighted by molar-refractivity contribution is 6.34. The average molecular weight is 457 g/mol. The molecule has 1 aliphatic rings. The number of alkyl halides is 3. The molecule has 0 N–H and O–H groups in total. The molecule has 2 heterocycles. The van der Waals surface area contributed by atoms with E-state index >= 15 is 0 Å². The van der Waals surface area contributed by atoms with Gasteiger partial charge in [-0.05, 0) is 31.2 Å². The van der Waals surface area contributed by atoms with Crippen molar-refractivity contribution in [1.29, 1.82) is 0 Å². The molecule has 3 aromatic rings. The minimum absolute atomic E-state index is 0.0772. The van der Waals surface area contributed by atoms with E-state index in [0.29, 0.717) is 0 Å². The summed E-state index contributed by atoms with van der Waals surface area (Å²) in [7, 11) is 0. The quantitative estimate of drug-likeness (QED) is 0.513. The number of hydrogen-bond donors (Lipinski definition) is 0. The maximum atomic E-state index is 14.2. The summed E-state index contributed by atoms with van der Waals surface area (Å²) in [5.41, 5.74) is -1.46. The van der Waals surface area contributed by atoms with Crippen LogP contribution in [0.3, 0.4) is 0 Å². The molecule has 0 fully saturated rings. The van der Waals surface area contributed by atoms with Gasteiger partial charge in [0.15, 0.2) is 23.3 Å². The minimum Gasteiger partial charge on any atom is -0.327 e. The molecule has 1 amide bonds. The number of amides is 1. The SMILES string of the molecule is C[C@H]1Cn2c(nnc2-c2cccc(F)c2F)CN1C(=O)c1cccc(C(F)(F)F)c1Cl. The Balaban J connectivity index is 1.68. The Labute approximate surface area is 178 Å². The third-order valence-corrected chi connectivity index (χ3v) is 5.51. The van der Waals surface area contributed by atoms with Crippen LogP contribution >= 0.6 is 11.6 Å². The fourth-order valence-corrected chi connectivity index (χ4v) is 3.85. The van der Waals surface area contributed by atoms with Gasteiger partial charge in [-0.1, -0.05) is 23.7 Å². The topological polar surface area (TPSA) is 51.0 Å². The lowest BCUT2D eigenvalue weighted by atomic mass is 10.1. The van der Waals surface area contributed by atoms with E-state index in [1.807, 2.05) is 0 Å². The Kier molecular flexibility index (Phi) is 5.20. The van der Waals surface area contributed by atoms with Gasteiger partial charge in [0.25, 0.3) is 5.91 Å². The van der Waals surface area contributed by atoms with E-state index in [1.54, 1.807) is 11.5 Å². The molecule has 0 unspecified atom stereocenters. The molecule has 11 heteroatoms. The molecule has 4 rings (SSSR count). The minimum atomic E-state index is -4.70. The monoisotopic (exact) mass is 456 g/mol. The molecular formula is C20H14ClF5N4O. The van der Waals surface area contributed by atoms with Gasteiger partial charge in [0.2, 0.25) is 0 Å². The Morgan fingerprint density at radius 3 is 2.55 bits per heavy atom. The summed E-state index contributed by atoms with van der Waals surface area (Å²) in [5, 5.41) is 7.21. The summed E-state index contributed by atoms with van der Waals surface area (Å²) < 4.78 is 68.8. The molecule has 5 nitrogen and oxygen atoms in total. The van der Waals surface area contributed by atoms with Gasteiger partial charge in [0.05, 0.1) is 28.3 Å². The summed E-state index contributed by atoms with van der Waals surface area (Å²) >= 11 is 5.89. The van der Waals surface area contributed by atoms with E-state index in [2.05, 4.69) is 10.2 Å². The number of carbonyl (C=O) groups excluding carboxylic acids is 1. The largest absolute Gasteiger partial charge is 0.417 e. The molecule has 0 saturated heterocycles. The second-order valence-electron chi connectivity index (χ2n) is 7.10.